The van der Waals surface area contributed by atoms with E-state index in [2.05, 4.69) is 0 Å². The zero-order chi connectivity index (χ0) is 19.4. The molecule has 27 heavy (non-hydrogen) atoms. The average molecular weight is 369 g/mol. The third kappa shape index (κ3) is 4.06. The second kappa shape index (κ2) is 7.61. The van der Waals surface area contributed by atoms with Gasteiger partial charge in [0.1, 0.15) is 16.9 Å². The van der Waals surface area contributed by atoms with Crippen LogP contribution in [0.1, 0.15) is 10.4 Å². The van der Waals surface area contributed by atoms with Crippen molar-refractivity contribution in [2.45, 2.75) is 0 Å². The largest absolute Gasteiger partial charge is 0.493 e. The maximum atomic E-state index is 12.0. The number of hydrogen-bond donors (Lipinski definition) is 1. The zero-order valence-corrected chi connectivity index (χ0v) is 14.3. The fourth-order valence-electron chi connectivity index (χ4n) is 2.36. The van der Waals surface area contributed by atoms with E-state index in [-0.39, 0.29) is 23.5 Å². The summed E-state index contributed by atoms with van der Waals surface area (Å²) in [5.41, 5.74) is 4.15. The van der Waals surface area contributed by atoms with E-state index in [4.69, 9.17) is 24.4 Å². The summed E-state index contributed by atoms with van der Waals surface area (Å²) in [7, 11) is 1.49. The molecule has 0 atom stereocenters. The number of fused-ring (bicyclic) bond motifs is 1. The minimum absolute atomic E-state index is 0.154. The first kappa shape index (κ1) is 18.0. The van der Waals surface area contributed by atoms with E-state index in [1.807, 2.05) is 0 Å². The van der Waals surface area contributed by atoms with Crippen LogP contribution in [-0.4, -0.2) is 25.6 Å². The second-order valence-electron chi connectivity index (χ2n) is 5.43. The van der Waals surface area contributed by atoms with Crippen LogP contribution in [0.5, 0.6) is 17.2 Å². The lowest BCUT2D eigenvalue weighted by molar-refractivity contribution is -0.136. The highest BCUT2D eigenvalue weighted by Crippen LogP contribution is 2.26. The molecule has 1 aromatic heterocycles. The Labute approximate surface area is 153 Å². The summed E-state index contributed by atoms with van der Waals surface area (Å²) in [4.78, 5) is 34.9. The number of esters is 1. The standard InChI is InChI=1S/C19H15NO7/c1-24-14-4-2-3-5-15(14)25-10-17(21)26-12-7-6-11-8-13(18(20)22)19(23)27-16(11)9-12/h2-9H,10H2,1H3,(H2,20,22). The molecule has 8 heteroatoms. The number of nitrogens with two attached hydrogens (primary N) is 1. The van der Waals surface area contributed by atoms with Crippen molar-refractivity contribution in [2.24, 2.45) is 5.73 Å². The van der Waals surface area contributed by atoms with Crippen molar-refractivity contribution in [3.8, 4) is 17.2 Å². The highest BCUT2D eigenvalue weighted by atomic mass is 16.6. The lowest BCUT2D eigenvalue weighted by Gasteiger charge is -2.10. The normalized spacial score (nSPS) is 10.4. The van der Waals surface area contributed by atoms with Crippen molar-refractivity contribution in [1.29, 1.82) is 0 Å². The molecule has 8 nitrogen and oxygen atoms in total. The Morgan fingerprint density at radius 2 is 1.81 bits per heavy atom. The molecule has 3 aromatic rings. The molecule has 0 aliphatic rings. The molecule has 0 aliphatic heterocycles. The summed E-state index contributed by atoms with van der Waals surface area (Å²) in [6, 6.07) is 12.6. The molecule has 2 aromatic carbocycles. The zero-order valence-electron chi connectivity index (χ0n) is 14.3. The summed E-state index contributed by atoms with van der Waals surface area (Å²) in [6.45, 7) is -0.344. The van der Waals surface area contributed by atoms with Gasteiger partial charge in [0.2, 0.25) is 0 Å². The summed E-state index contributed by atoms with van der Waals surface area (Å²) in [5, 5.41) is 0.466. The molecule has 0 unspecified atom stereocenters. The van der Waals surface area contributed by atoms with Gasteiger partial charge in [-0.25, -0.2) is 9.59 Å². The fourth-order valence-corrected chi connectivity index (χ4v) is 2.36. The van der Waals surface area contributed by atoms with Crippen molar-refractivity contribution >= 4 is 22.8 Å². The molecular formula is C19H15NO7. The van der Waals surface area contributed by atoms with Crippen LogP contribution in [0.15, 0.2) is 57.7 Å². The van der Waals surface area contributed by atoms with Crippen molar-refractivity contribution in [1.82, 2.24) is 0 Å². The number of ether oxygens (including phenoxy) is 3. The molecule has 0 radical (unpaired) electrons. The van der Waals surface area contributed by atoms with E-state index >= 15 is 0 Å². The van der Waals surface area contributed by atoms with Gasteiger partial charge < -0.3 is 24.4 Å². The van der Waals surface area contributed by atoms with Gasteiger partial charge in [-0.15, -0.1) is 0 Å². The van der Waals surface area contributed by atoms with Crippen LogP contribution in [-0.2, 0) is 4.79 Å². The van der Waals surface area contributed by atoms with Crippen LogP contribution in [0.25, 0.3) is 11.0 Å². The van der Waals surface area contributed by atoms with Gasteiger partial charge in [-0.05, 0) is 30.3 Å². The van der Waals surface area contributed by atoms with Gasteiger partial charge in [-0.1, -0.05) is 12.1 Å². The summed E-state index contributed by atoms with van der Waals surface area (Å²) < 4.78 is 20.7. The van der Waals surface area contributed by atoms with Crippen LogP contribution in [0, 0.1) is 0 Å². The van der Waals surface area contributed by atoms with Crippen molar-refractivity contribution in [3.63, 3.8) is 0 Å². The van der Waals surface area contributed by atoms with Crippen LogP contribution in [0.3, 0.4) is 0 Å². The van der Waals surface area contributed by atoms with Gasteiger partial charge in [0.15, 0.2) is 18.1 Å². The Bertz CT molecular complexity index is 1070. The SMILES string of the molecule is COc1ccccc1OCC(=O)Oc1ccc2cc(C(N)=O)c(=O)oc2c1. The maximum Gasteiger partial charge on any atom is 0.349 e. The number of rotatable bonds is 6. The van der Waals surface area contributed by atoms with E-state index < -0.39 is 17.5 Å². The first-order chi connectivity index (χ1) is 13.0. The molecule has 0 saturated carbocycles. The first-order valence-corrected chi connectivity index (χ1v) is 7.82. The van der Waals surface area contributed by atoms with Crippen LogP contribution < -0.4 is 25.6 Å². The van der Waals surface area contributed by atoms with Gasteiger partial charge in [0, 0.05) is 11.5 Å². The maximum absolute atomic E-state index is 12.0. The molecule has 0 fully saturated rings. The third-order valence-electron chi connectivity index (χ3n) is 3.62. The van der Waals surface area contributed by atoms with Crippen molar-refractivity contribution < 1.29 is 28.2 Å². The summed E-state index contributed by atoms with van der Waals surface area (Å²) in [6.07, 6.45) is 0. The second-order valence-corrected chi connectivity index (χ2v) is 5.43. The van der Waals surface area contributed by atoms with Crippen LogP contribution in [0.4, 0.5) is 0 Å². The lowest BCUT2D eigenvalue weighted by Crippen LogP contribution is -2.20. The number of para-hydroxylation sites is 2. The number of hydrogen-bond acceptors (Lipinski definition) is 7. The molecule has 0 aliphatic carbocycles. The van der Waals surface area contributed by atoms with E-state index in [9.17, 15) is 14.4 Å². The molecular weight excluding hydrogens is 354 g/mol. The molecule has 0 saturated heterocycles. The van der Waals surface area contributed by atoms with Crippen LogP contribution in [0.2, 0.25) is 0 Å². The smallest absolute Gasteiger partial charge is 0.349 e. The van der Waals surface area contributed by atoms with E-state index in [1.54, 1.807) is 24.3 Å². The number of benzene rings is 2. The Morgan fingerprint density at radius 3 is 2.52 bits per heavy atom. The van der Waals surface area contributed by atoms with Crippen LogP contribution >= 0.6 is 0 Å². The minimum Gasteiger partial charge on any atom is -0.493 e. The highest BCUT2D eigenvalue weighted by molar-refractivity contribution is 5.95. The molecule has 1 heterocycles. The molecule has 3 rings (SSSR count). The van der Waals surface area contributed by atoms with Gasteiger partial charge in [-0.2, -0.15) is 0 Å². The van der Waals surface area contributed by atoms with Gasteiger partial charge in [0.25, 0.3) is 5.91 Å². The monoisotopic (exact) mass is 369 g/mol. The topological polar surface area (TPSA) is 118 Å². The third-order valence-corrected chi connectivity index (χ3v) is 3.62. The Hall–Kier alpha value is -3.81. The Kier molecular flexibility index (Phi) is 5.07. The van der Waals surface area contributed by atoms with Gasteiger partial charge in [0.05, 0.1) is 7.11 Å². The molecule has 1 amide bonds. The fraction of sp³-hybridized carbons (Fsp3) is 0.105. The number of carbonyl (C=O) groups is 2. The number of amides is 1. The lowest BCUT2D eigenvalue weighted by atomic mass is 10.2. The molecule has 2 N–H and O–H groups in total. The van der Waals surface area contributed by atoms with E-state index in [0.717, 1.165) is 0 Å². The first-order valence-electron chi connectivity index (χ1n) is 7.82. The molecule has 0 bridgehead atoms. The van der Waals surface area contributed by atoms with Crippen molar-refractivity contribution in [2.75, 3.05) is 13.7 Å². The van der Waals surface area contributed by atoms with E-state index in [1.165, 1.54) is 31.4 Å². The molecule has 138 valence electrons. The Morgan fingerprint density at radius 1 is 1.07 bits per heavy atom. The predicted octanol–water partition coefficient (Wildman–Crippen LogP) is 1.88. The summed E-state index contributed by atoms with van der Waals surface area (Å²) in [5.74, 6) is -0.486. The van der Waals surface area contributed by atoms with E-state index in [0.29, 0.717) is 16.9 Å². The number of methoxy groups -OCH3 is 1. The quantitative estimate of drug-likeness (QED) is 0.400. The number of carbonyl (C=O) groups excluding carboxylic acids is 2. The Balaban J connectivity index is 1.72. The average Bonchev–Trinajstić information content (AvgIpc) is 2.65. The predicted molar refractivity (Wildman–Crippen MR) is 95.1 cm³/mol. The molecule has 0 spiro atoms. The van der Waals surface area contributed by atoms with Gasteiger partial charge in [-0.3, -0.25) is 4.79 Å². The number of primary amides is 1. The van der Waals surface area contributed by atoms with Crippen molar-refractivity contribution in [3.05, 3.63) is 64.5 Å². The highest BCUT2D eigenvalue weighted by Gasteiger charge is 2.13. The van der Waals surface area contributed by atoms with Gasteiger partial charge >= 0.3 is 11.6 Å². The summed E-state index contributed by atoms with van der Waals surface area (Å²) >= 11 is 0. The minimum atomic E-state index is -0.880.